The van der Waals surface area contributed by atoms with Gasteiger partial charge in [-0.3, -0.25) is 9.89 Å². The summed E-state index contributed by atoms with van der Waals surface area (Å²) in [5.41, 5.74) is 1.37. The first kappa shape index (κ1) is 25.4. The molecular formula is C25H28Cl2FN5O2. The Morgan fingerprint density at radius 3 is 2.57 bits per heavy atom. The van der Waals surface area contributed by atoms with Crippen LogP contribution >= 0.6 is 23.2 Å². The number of aromatic amines is 1. The smallest absolute Gasteiger partial charge is 0.310 e. The zero-order chi connectivity index (χ0) is 25.2. The highest BCUT2D eigenvalue weighted by atomic mass is 35.5. The van der Waals surface area contributed by atoms with Gasteiger partial charge < -0.3 is 15.3 Å². The standard InChI is InChI=1S/C25H28Cl2FN5O2/c1-15-11-21(30-22-12-16(2)31-32-22)29-20(23(15)28)14-25(24(34)35)6-9-33(10-7-25)8-5-17-3-4-18(26)13-19(17)27/h3-4,11-13H,5-10,14H2,1-2H3,(H,34,35)(H2,29,30,31,32). The number of halogens is 3. The van der Waals surface area contributed by atoms with E-state index in [2.05, 4.69) is 25.4 Å². The Bertz CT molecular complexity index is 1220. The summed E-state index contributed by atoms with van der Waals surface area (Å²) in [6, 6.07) is 8.86. The van der Waals surface area contributed by atoms with Gasteiger partial charge in [-0.1, -0.05) is 29.3 Å². The van der Waals surface area contributed by atoms with Gasteiger partial charge in [0.05, 0.1) is 11.1 Å². The molecule has 7 nitrogen and oxygen atoms in total. The molecule has 2 aromatic heterocycles. The van der Waals surface area contributed by atoms with Gasteiger partial charge in [-0.05, 0) is 75.5 Å². The fourth-order valence-corrected chi connectivity index (χ4v) is 5.01. The van der Waals surface area contributed by atoms with Crippen LogP contribution in [0.15, 0.2) is 30.3 Å². The van der Waals surface area contributed by atoms with Crippen LogP contribution in [0.3, 0.4) is 0 Å². The zero-order valence-electron chi connectivity index (χ0n) is 19.7. The number of anilines is 2. The number of aromatic nitrogens is 3. The van der Waals surface area contributed by atoms with Gasteiger partial charge in [-0.15, -0.1) is 0 Å². The zero-order valence-corrected chi connectivity index (χ0v) is 21.2. The van der Waals surface area contributed by atoms with E-state index in [0.717, 1.165) is 24.2 Å². The summed E-state index contributed by atoms with van der Waals surface area (Å²) in [7, 11) is 0. The molecular weight excluding hydrogens is 492 g/mol. The molecule has 186 valence electrons. The van der Waals surface area contributed by atoms with Crippen molar-refractivity contribution in [2.75, 3.05) is 25.0 Å². The minimum absolute atomic E-state index is 0.0287. The van der Waals surface area contributed by atoms with Crippen molar-refractivity contribution >= 4 is 40.8 Å². The molecule has 1 saturated heterocycles. The number of aliphatic carboxylic acids is 1. The molecule has 3 heterocycles. The van der Waals surface area contributed by atoms with E-state index < -0.39 is 17.2 Å². The maximum absolute atomic E-state index is 15.0. The van der Waals surface area contributed by atoms with Crippen molar-refractivity contribution in [2.24, 2.45) is 5.41 Å². The van der Waals surface area contributed by atoms with Crippen LogP contribution in [0.2, 0.25) is 10.0 Å². The molecule has 1 fully saturated rings. The molecule has 0 aliphatic carbocycles. The molecule has 0 radical (unpaired) electrons. The molecule has 0 bridgehead atoms. The summed E-state index contributed by atoms with van der Waals surface area (Å²) in [4.78, 5) is 19.0. The third kappa shape index (κ3) is 5.94. The molecule has 3 N–H and O–H groups in total. The van der Waals surface area contributed by atoms with E-state index >= 15 is 4.39 Å². The molecule has 1 aliphatic heterocycles. The number of likely N-dealkylation sites (tertiary alicyclic amines) is 1. The number of rotatable bonds is 8. The Balaban J connectivity index is 1.45. The Hall–Kier alpha value is -2.68. The highest BCUT2D eigenvalue weighted by molar-refractivity contribution is 6.35. The maximum atomic E-state index is 15.0. The van der Waals surface area contributed by atoms with Gasteiger partial charge in [-0.2, -0.15) is 5.10 Å². The van der Waals surface area contributed by atoms with Crippen molar-refractivity contribution in [3.8, 4) is 0 Å². The molecule has 0 amide bonds. The number of hydrogen-bond acceptors (Lipinski definition) is 5. The topological polar surface area (TPSA) is 94.1 Å². The minimum atomic E-state index is -1.07. The number of nitrogens with one attached hydrogen (secondary N) is 2. The van der Waals surface area contributed by atoms with Crippen molar-refractivity contribution in [3.05, 3.63) is 68.7 Å². The lowest BCUT2D eigenvalue weighted by Crippen LogP contribution is -2.46. The average molecular weight is 520 g/mol. The number of H-pyrrole nitrogens is 1. The number of pyridine rings is 1. The van der Waals surface area contributed by atoms with Gasteiger partial charge in [0.25, 0.3) is 0 Å². The first-order valence-electron chi connectivity index (χ1n) is 11.5. The quantitative estimate of drug-likeness (QED) is 0.360. The Morgan fingerprint density at radius 1 is 1.20 bits per heavy atom. The second kappa shape index (κ2) is 10.5. The van der Waals surface area contributed by atoms with Gasteiger partial charge in [0.1, 0.15) is 11.6 Å². The van der Waals surface area contributed by atoms with Crippen LogP contribution < -0.4 is 5.32 Å². The Morgan fingerprint density at radius 2 is 1.94 bits per heavy atom. The van der Waals surface area contributed by atoms with Crippen molar-refractivity contribution in [1.29, 1.82) is 0 Å². The summed E-state index contributed by atoms with van der Waals surface area (Å²) in [5, 5.41) is 21.4. The maximum Gasteiger partial charge on any atom is 0.310 e. The summed E-state index contributed by atoms with van der Waals surface area (Å²) in [6.45, 7) is 5.48. The van der Waals surface area contributed by atoms with Gasteiger partial charge in [-0.25, -0.2) is 9.37 Å². The molecule has 0 unspecified atom stereocenters. The largest absolute Gasteiger partial charge is 0.481 e. The number of carboxylic acids is 1. The van der Waals surface area contributed by atoms with E-state index in [0.29, 0.717) is 53.2 Å². The molecule has 1 aromatic carbocycles. The number of carbonyl (C=O) groups is 1. The predicted molar refractivity (Wildman–Crippen MR) is 135 cm³/mol. The van der Waals surface area contributed by atoms with E-state index in [1.54, 1.807) is 19.1 Å². The van der Waals surface area contributed by atoms with Gasteiger partial charge in [0.15, 0.2) is 5.82 Å². The first-order valence-corrected chi connectivity index (χ1v) is 12.3. The fourth-order valence-electron chi connectivity index (χ4n) is 4.51. The number of nitrogens with zero attached hydrogens (tertiary/aromatic N) is 3. The third-order valence-electron chi connectivity index (χ3n) is 6.66. The highest BCUT2D eigenvalue weighted by Crippen LogP contribution is 2.37. The van der Waals surface area contributed by atoms with Crippen LogP contribution in [0.5, 0.6) is 0 Å². The Labute approximate surface area is 213 Å². The summed E-state index contributed by atoms with van der Waals surface area (Å²) in [5.74, 6) is -0.385. The van der Waals surface area contributed by atoms with Crippen LogP contribution in [0.1, 0.15) is 35.4 Å². The van der Waals surface area contributed by atoms with Crippen molar-refractivity contribution in [3.63, 3.8) is 0 Å². The number of piperidine rings is 1. The van der Waals surface area contributed by atoms with Crippen molar-refractivity contribution < 1.29 is 14.3 Å². The third-order valence-corrected chi connectivity index (χ3v) is 7.24. The SMILES string of the molecule is Cc1cc(Nc2cc(C)c(F)c(CC3(C(=O)O)CCN(CCc4ccc(Cl)cc4Cl)CC3)n2)n[nH]1. The van der Waals surface area contributed by atoms with Crippen LogP contribution in [-0.4, -0.2) is 50.8 Å². The molecule has 0 spiro atoms. The van der Waals surface area contributed by atoms with E-state index in [1.807, 2.05) is 25.1 Å². The molecule has 0 atom stereocenters. The molecule has 10 heteroatoms. The average Bonchev–Trinajstić information content (AvgIpc) is 3.22. The van der Waals surface area contributed by atoms with Gasteiger partial charge >= 0.3 is 5.97 Å². The van der Waals surface area contributed by atoms with Crippen LogP contribution in [0.25, 0.3) is 0 Å². The summed E-state index contributed by atoms with van der Waals surface area (Å²) in [6.07, 6.45) is 1.59. The van der Waals surface area contributed by atoms with E-state index in [-0.39, 0.29) is 12.1 Å². The van der Waals surface area contributed by atoms with Gasteiger partial charge in [0, 0.05) is 34.8 Å². The van der Waals surface area contributed by atoms with Crippen LogP contribution in [0, 0.1) is 25.1 Å². The summed E-state index contributed by atoms with van der Waals surface area (Å²) < 4.78 is 15.0. The summed E-state index contributed by atoms with van der Waals surface area (Å²) >= 11 is 12.3. The lowest BCUT2D eigenvalue weighted by Gasteiger charge is -2.39. The normalized spacial score (nSPS) is 15.8. The molecule has 4 rings (SSSR count). The molecule has 1 aliphatic rings. The molecule has 3 aromatic rings. The number of carboxylic acid groups (broad SMARTS) is 1. The lowest BCUT2D eigenvalue weighted by atomic mass is 9.74. The number of hydrogen-bond donors (Lipinski definition) is 3. The first-order chi connectivity index (χ1) is 16.6. The molecule has 35 heavy (non-hydrogen) atoms. The minimum Gasteiger partial charge on any atom is -0.481 e. The van der Waals surface area contributed by atoms with Gasteiger partial charge in [0.2, 0.25) is 0 Å². The predicted octanol–water partition coefficient (Wildman–Crippen LogP) is 5.56. The van der Waals surface area contributed by atoms with E-state index in [1.165, 1.54) is 0 Å². The second-order valence-corrected chi connectivity index (χ2v) is 10.1. The Kier molecular flexibility index (Phi) is 7.64. The van der Waals surface area contributed by atoms with Crippen LogP contribution in [0.4, 0.5) is 16.0 Å². The lowest BCUT2D eigenvalue weighted by molar-refractivity contribution is -0.152. The monoisotopic (exact) mass is 519 g/mol. The number of benzene rings is 1. The van der Waals surface area contributed by atoms with Crippen molar-refractivity contribution in [1.82, 2.24) is 20.1 Å². The molecule has 0 saturated carbocycles. The van der Waals surface area contributed by atoms with E-state index in [9.17, 15) is 9.90 Å². The fraction of sp³-hybridized carbons (Fsp3) is 0.400. The number of aryl methyl sites for hydroxylation is 2. The second-order valence-electron chi connectivity index (χ2n) is 9.24. The van der Waals surface area contributed by atoms with Crippen molar-refractivity contribution in [2.45, 2.75) is 39.5 Å². The van der Waals surface area contributed by atoms with Crippen LogP contribution in [-0.2, 0) is 17.6 Å². The highest BCUT2D eigenvalue weighted by Gasteiger charge is 2.42. The van der Waals surface area contributed by atoms with E-state index in [4.69, 9.17) is 23.2 Å².